The van der Waals surface area contributed by atoms with Gasteiger partial charge < -0.3 is 24.5 Å². The van der Waals surface area contributed by atoms with E-state index in [1.54, 1.807) is 24.7 Å². The summed E-state index contributed by atoms with van der Waals surface area (Å²) in [5.74, 6) is -4.92. The number of carboxylic acid groups (broad SMARTS) is 1. The molecule has 1 saturated heterocycles. The Balaban J connectivity index is 1.84. The van der Waals surface area contributed by atoms with Crippen molar-refractivity contribution in [2.75, 3.05) is 19.7 Å². The molecule has 0 spiro atoms. The lowest BCUT2D eigenvalue weighted by atomic mass is 10.0. The number of rotatable bonds is 7. The van der Waals surface area contributed by atoms with Crippen molar-refractivity contribution in [3.05, 3.63) is 64.3 Å². The van der Waals surface area contributed by atoms with Crippen LogP contribution >= 0.6 is 11.6 Å². The summed E-state index contributed by atoms with van der Waals surface area (Å²) in [4.78, 5) is 34.0. The van der Waals surface area contributed by atoms with Gasteiger partial charge in [0.15, 0.2) is 17.4 Å². The Labute approximate surface area is 214 Å². The highest BCUT2D eigenvalue weighted by Crippen LogP contribution is 2.38. The Morgan fingerprint density at radius 1 is 1.35 bits per heavy atom. The molecule has 0 amide bonds. The van der Waals surface area contributed by atoms with Gasteiger partial charge in [0, 0.05) is 43.0 Å². The van der Waals surface area contributed by atoms with Gasteiger partial charge in [-0.15, -0.1) is 0 Å². The molecule has 4 rings (SSSR count). The predicted octanol–water partition coefficient (Wildman–Crippen LogP) is 3.48. The van der Waals surface area contributed by atoms with E-state index < -0.39 is 48.9 Å². The summed E-state index contributed by atoms with van der Waals surface area (Å²) in [6.45, 7) is 0.335. The SMILES string of the molecule is CCOC(=O)OC1=C(CN2CC(F)(F)C[C@H]2C(=O)O)NC(c2nccn2C)=N[C@@H]1c1ccc(F)cc1Cl. The first-order chi connectivity index (χ1) is 17.5. The minimum atomic E-state index is -3.24. The Morgan fingerprint density at radius 2 is 2.11 bits per heavy atom. The van der Waals surface area contributed by atoms with E-state index in [2.05, 4.69) is 15.3 Å². The van der Waals surface area contributed by atoms with E-state index in [1.807, 2.05) is 0 Å². The molecule has 3 heterocycles. The lowest BCUT2D eigenvalue weighted by Crippen LogP contribution is -2.43. The number of carbonyl (C=O) groups is 2. The van der Waals surface area contributed by atoms with Crippen molar-refractivity contribution < 1.29 is 37.3 Å². The third kappa shape index (κ3) is 5.72. The van der Waals surface area contributed by atoms with Gasteiger partial charge >= 0.3 is 12.1 Å². The molecule has 0 radical (unpaired) electrons. The van der Waals surface area contributed by atoms with Crippen LogP contribution in [0, 0.1) is 5.82 Å². The number of amidine groups is 1. The minimum absolute atomic E-state index is 0.0158. The maximum atomic E-state index is 14.2. The summed E-state index contributed by atoms with van der Waals surface area (Å²) in [5, 5.41) is 12.5. The number of aromatic nitrogens is 2. The maximum absolute atomic E-state index is 14.2. The van der Waals surface area contributed by atoms with Crippen LogP contribution in [0.5, 0.6) is 0 Å². The summed E-state index contributed by atoms with van der Waals surface area (Å²) >= 11 is 6.32. The first-order valence-corrected chi connectivity index (χ1v) is 11.6. The number of aliphatic carboxylic acids is 1. The molecule has 10 nitrogen and oxygen atoms in total. The maximum Gasteiger partial charge on any atom is 0.513 e. The van der Waals surface area contributed by atoms with Gasteiger partial charge in [0.05, 0.1) is 18.8 Å². The predicted molar refractivity (Wildman–Crippen MR) is 125 cm³/mol. The van der Waals surface area contributed by atoms with E-state index in [0.717, 1.165) is 17.0 Å². The zero-order chi connectivity index (χ0) is 26.9. The van der Waals surface area contributed by atoms with Crippen molar-refractivity contribution in [1.82, 2.24) is 19.8 Å². The molecule has 2 atom stereocenters. The monoisotopic (exact) mass is 541 g/mol. The topological polar surface area (TPSA) is 118 Å². The van der Waals surface area contributed by atoms with Gasteiger partial charge in [-0.2, -0.15) is 0 Å². The molecule has 1 fully saturated rings. The van der Waals surface area contributed by atoms with Crippen molar-refractivity contribution >= 4 is 29.6 Å². The second-order valence-electron chi connectivity index (χ2n) is 8.48. The number of ether oxygens (including phenoxy) is 2. The highest BCUT2D eigenvalue weighted by atomic mass is 35.5. The summed E-state index contributed by atoms with van der Waals surface area (Å²) in [6, 6.07) is 0.910. The van der Waals surface area contributed by atoms with Gasteiger partial charge in [-0.05, 0) is 19.1 Å². The number of imidazole rings is 1. The highest BCUT2D eigenvalue weighted by Gasteiger charge is 2.49. The highest BCUT2D eigenvalue weighted by molar-refractivity contribution is 6.31. The van der Waals surface area contributed by atoms with E-state index in [0.29, 0.717) is 5.82 Å². The zero-order valence-electron chi connectivity index (χ0n) is 19.8. The van der Waals surface area contributed by atoms with Gasteiger partial charge in [-0.25, -0.2) is 27.9 Å². The average Bonchev–Trinajstić information content (AvgIpc) is 3.37. The lowest BCUT2D eigenvalue weighted by Gasteiger charge is -2.30. The molecule has 37 heavy (non-hydrogen) atoms. The van der Waals surface area contributed by atoms with Gasteiger partial charge in [0.25, 0.3) is 5.92 Å². The van der Waals surface area contributed by atoms with E-state index >= 15 is 0 Å². The number of benzene rings is 1. The largest absolute Gasteiger partial charge is 0.513 e. The van der Waals surface area contributed by atoms with E-state index in [9.17, 15) is 27.9 Å². The number of nitrogens with one attached hydrogen (secondary N) is 1. The molecule has 1 aromatic heterocycles. The van der Waals surface area contributed by atoms with Crippen molar-refractivity contribution in [1.29, 1.82) is 0 Å². The molecule has 0 aliphatic carbocycles. The third-order valence-electron chi connectivity index (χ3n) is 5.83. The second-order valence-corrected chi connectivity index (χ2v) is 8.89. The van der Waals surface area contributed by atoms with E-state index in [4.69, 9.17) is 21.1 Å². The number of carbonyl (C=O) groups excluding carboxylic acids is 1. The molecular weight excluding hydrogens is 519 g/mol. The first-order valence-electron chi connectivity index (χ1n) is 11.2. The smallest absolute Gasteiger partial charge is 0.480 e. The van der Waals surface area contributed by atoms with Gasteiger partial charge in [-0.1, -0.05) is 17.7 Å². The summed E-state index contributed by atoms with van der Waals surface area (Å²) in [6.07, 6.45) is 1.18. The number of alkyl halides is 2. The van der Waals surface area contributed by atoms with Gasteiger partial charge in [0.2, 0.25) is 0 Å². The van der Waals surface area contributed by atoms with E-state index in [-0.39, 0.29) is 41.0 Å². The second kappa shape index (κ2) is 10.4. The van der Waals surface area contributed by atoms with Crippen molar-refractivity contribution in [3.8, 4) is 0 Å². The molecule has 0 saturated carbocycles. The molecule has 0 bridgehead atoms. The number of likely N-dealkylation sites (tertiary alicyclic amines) is 1. The minimum Gasteiger partial charge on any atom is -0.480 e. The zero-order valence-corrected chi connectivity index (χ0v) is 20.5. The summed E-state index contributed by atoms with van der Waals surface area (Å²) in [5.41, 5.74) is 0.310. The fourth-order valence-corrected chi connectivity index (χ4v) is 4.47. The quantitative estimate of drug-likeness (QED) is 0.512. The summed E-state index contributed by atoms with van der Waals surface area (Å²) in [7, 11) is 1.70. The van der Waals surface area contributed by atoms with Crippen LogP contribution in [0.1, 0.15) is 30.8 Å². The van der Waals surface area contributed by atoms with Crippen LogP contribution in [0.4, 0.5) is 18.0 Å². The molecule has 0 unspecified atom stereocenters. The van der Waals surface area contributed by atoms with Crippen molar-refractivity contribution in [2.45, 2.75) is 31.4 Å². The molecular formula is C23H23ClF3N5O5. The van der Waals surface area contributed by atoms with Crippen molar-refractivity contribution in [2.24, 2.45) is 12.0 Å². The molecule has 198 valence electrons. The average molecular weight is 542 g/mol. The van der Waals surface area contributed by atoms with Crippen LogP contribution in [0.3, 0.4) is 0 Å². The van der Waals surface area contributed by atoms with Crippen molar-refractivity contribution in [3.63, 3.8) is 0 Å². The van der Waals surface area contributed by atoms with Crippen LogP contribution in [-0.2, 0) is 21.3 Å². The Bertz CT molecular complexity index is 1280. The standard InChI is InChI=1S/C23H23ClF3N5O5/c1-3-36-22(35)37-18-15(10-32-11-23(26,27)9-16(32)21(33)34)29-19(20-28-6-7-31(20)2)30-17(18)13-5-4-12(25)8-14(13)24/h4-8,16-17H,3,9-11H2,1-2H3,(H,29,30)(H,33,34)/t16-,17+/m0/s1. The number of hydrogen-bond acceptors (Lipinski definition) is 8. The van der Waals surface area contributed by atoms with Crippen LogP contribution < -0.4 is 5.32 Å². The van der Waals surface area contributed by atoms with Crippen LogP contribution in [0.15, 0.2) is 47.0 Å². The molecule has 1 aromatic carbocycles. The summed E-state index contributed by atoms with van der Waals surface area (Å²) < 4.78 is 54.2. The molecule has 2 N–H and O–H groups in total. The molecule has 14 heteroatoms. The first kappa shape index (κ1) is 26.5. The van der Waals surface area contributed by atoms with Crippen LogP contribution in [-0.4, -0.2) is 69.2 Å². The fraction of sp³-hybridized carbons (Fsp3) is 0.391. The molecule has 2 aliphatic rings. The lowest BCUT2D eigenvalue weighted by molar-refractivity contribution is -0.142. The number of carboxylic acids is 1. The van der Waals surface area contributed by atoms with E-state index in [1.165, 1.54) is 12.3 Å². The molecule has 2 aliphatic heterocycles. The molecule has 2 aromatic rings. The number of halogens is 4. The number of nitrogens with zero attached hydrogens (tertiary/aromatic N) is 4. The number of hydrogen-bond donors (Lipinski definition) is 2. The Hall–Kier alpha value is -3.58. The Morgan fingerprint density at radius 3 is 2.73 bits per heavy atom. The normalized spacial score (nSPS) is 21.4. The fourth-order valence-electron chi connectivity index (χ4n) is 4.20. The Kier molecular flexibility index (Phi) is 7.46. The van der Waals surface area contributed by atoms with Crippen LogP contribution in [0.2, 0.25) is 5.02 Å². The third-order valence-corrected chi connectivity index (χ3v) is 6.16. The number of aryl methyl sites for hydroxylation is 1. The number of aliphatic imine (C=N–C) groups is 1. The van der Waals surface area contributed by atoms with Gasteiger partial charge in [0.1, 0.15) is 17.9 Å². The van der Waals surface area contributed by atoms with Gasteiger partial charge in [-0.3, -0.25) is 9.69 Å². The van der Waals surface area contributed by atoms with Crippen LogP contribution in [0.25, 0.3) is 0 Å².